The number of hydrogen-bond donors (Lipinski definition) is 5. The number of anilines is 2. The zero-order chi connectivity index (χ0) is 12.5. The van der Waals surface area contributed by atoms with Crippen LogP contribution in [0.4, 0.5) is 11.8 Å². The third-order valence-electron chi connectivity index (χ3n) is 3.08. The van der Waals surface area contributed by atoms with E-state index in [0.717, 1.165) is 18.2 Å². The van der Waals surface area contributed by atoms with Crippen LogP contribution in [0.1, 0.15) is 12.8 Å². The van der Waals surface area contributed by atoms with Gasteiger partial charge >= 0.3 is 0 Å². The fourth-order valence-electron chi connectivity index (χ4n) is 1.88. The van der Waals surface area contributed by atoms with Crippen LogP contribution in [0, 0.1) is 5.92 Å². The number of aromatic nitrogens is 4. The Morgan fingerprint density at radius 1 is 1.50 bits per heavy atom. The molecule has 1 fully saturated rings. The number of aliphatic hydroxyl groups excluding tert-OH is 1. The number of nitrogens with one attached hydrogen (secondary N) is 3. The summed E-state index contributed by atoms with van der Waals surface area (Å²) in [4.78, 5) is 8.34. The molecule has 18 heavy (non-hydrogen) atoms. The molecular weight excluding hydrogens is 234 g/mol. The van der Waals surface area contributed by atoms with Crippen molar-refractivity contribution in [3.05, 3.63) is 6.20 Å². The predicted octanol–water partition coefficient (Wildman–Crippen LogP) is -0.179. The lowest BCUT2D eigenvalue weighted by molar-refractivity contribution is 0.164. The van der Waals surface area contributed by atoms with Gasteiger partial charge in [-0.3, -0.25) is 10.5 Å². The van der Waals surface area contributed by atoms with Crippen molar-refractivity contribution in [3.8, 4) is 0 Å². The Balaban J connectivity index is 1.82. The molecule has 2 aromatic heterocycles. The van der Waals surface area contributed by atoms with Gasteiger partial charge < -0.3 is 10.4 Å². The van der Waals surface area contributed by atoms with Crippen molar-refractivity contribution >= 4 is 22.8 Å². The van der Waals surface area contributed by atoms with E-state index in [9.17, 15) is 5.11 Å². The number of aliphatic hydroxyl groups is 1. The minimum absolute atomic E-state index is 0.301. The molecule has 0 amide bonds. The Bertz CT molecular complexity index is 550. The first-order valence-electron chi connectivity index (χ1n) is 5.87. The van der Waals surface area contributed by atoms with E-state index in [1.807, 2.05) is 0 Å². The van der Waals surface area contributed by atoms with Gasteiger partial charge in [0.15, 0.2) is 5.65 Å². The molecule has 1 unspecified atom stereocenters. The third-order valence-corrected chi connectivity index (χ3v) is 3.08. The first-order valence-corrected chi connectivity index (χ1v) is 5.87. The van der Waals surface area contributed by atoms with E-state index in [2.05, 4.69) is 30.9 Å². The van der Waals surface area contributed by atoms with Gasteiger partial charge in [0.1, 0.15) is 5.82 Å². The molecule has 0 bridgehead atoms. The maximum Gasteiger partial charge on any atom is 0.241 e. The molecular formula is C10H15N7O. The van der Waals surface area contributed by atoms with Crippen molar-refractivity contribution in [3.63, 3.8) is 0 Å². The van der Waals surface area contributed by atoms with Crippen molar-refractivity contribution in [2.24, 2.45) is 11.8 Å². The highest BCUT2D eigenvalue weighted by molar-refractivity contribution is 5.86. The summed E-state index contributed by atoms with van der Waals surface area (Å²) in [6.45, 7) is 0.464. The number of nitrogens with zero attached hydrogens (tertiary/aromatic N) is 3. The zero-order valence-electron chi connectivity index (χ0n) is 9.72. The fraction of sp³-hybridized carbons (Fsp3) is 0.500. The van der Waals surface area contributed by atoms with E-state index in [4.69, 9.17) is 5.84 Å². The van der Waals surface area contributed by atoms with Gasteiger partial charge in [0.05, 0.1) is 17.7 Å². The highest BCUT2D eigenvalue weighted by Gasteiger charge is 2.29. The number of nitrogens with two attached hydrogens (primary N) is 1. The van der Waals surface area contributed by atoms with Crippen molar-refractivity contribution in [1.82, 2.24) is 20.2 Å². The number of hydrogen-bond acceptors (Lipinski definition) is 7. The summed E-state index contributed by atoms with van der Waals surface area (Å²) in [5.41, 5.74) is 3.00. The lowest BCUT2D eigenvalue weighted by Gasteiger charge is -2.12. The van der Waals surface area contributed by atoms with E-state index in [1.54, 1.807) is 6.20 Å². The lowest BCUT2D eigenvalue weighted by atomic mass is 10.2. The van der Waals surface area contributed by atoms with Crippen LogP contribution in [0.3, 0.4) is 0 Å². The Labute approximate surface area is 103 Å². The Hall–Kier alpha value is -1.93. The maximum absolute atomic E-state index is 9.83. The average Bonchev–Trinajstić information content (AvgIpc) is 3.13. The second-order valence-corrected chi connectivity index (χ2v) is 4.46. The zero-order valence-corrected chi connectivity index (χ0v) is 9.72. The molecule has 8 nitrogen and oxygen atoms in total. The maximum atomic E-state index is 9.83. The van der Waals surface area contributed by atoms with Crippen LogP contribution >= 0.6 is 0 Å². The SMILES string of the molecule is NNc1nc(NCC(O)C2CC2)c2cn[nH]c2n1. The molecule has 0 spiro atoms. The molecule has 0 radical (unpaired) electrons. The van der Waals surface area contributed by atoms with E-state index in [1.165, 1.54) is 0 Å². The average molecular weight is 249 g/mol. The number of nitrogen functional groups attached to an aromatic ring is 1. The van der Waals surface area contributed by atoms with Gasteiger partial charge in [-0.1, -0.05) is 0 Å². The van der Waals surface area contributed by atoms with E-state index >= 15 is 0 Å². The number of H-pyrrole nitrogens is 1. The van der Waals surface area contributed by atoms with Crippen molar-refractivity contribution in [2.75, 3.05) is 17.3 Å². The van der Waals surface area contributed by atoms with Gasteiger partial charge in [-0.05, 0) is 18.8 Å². The molecule has 0 aromatic carbocycles. The minimum Gasteiger partial charge on any atom is -0.391 e. The monoisotopic (exact) mass is 249 g/mol. The molecule has 2 heterocycles. The second-order valence-electron chi connectivity index (χ2n) is 4.46. The summed E-state index contributed by atoms with van der Waals surface area (Å²) in [5.74, 6) is 6.64. The summed E-state index contributed by atoms with van der Waals surface area (Å²) in [5, 5.41) is 20.4. The number of hydrazine groups is 1. The summed E-state index contributed by atoms with van der Waals surface area (Å²) in [6.07, 6.45) is 3.50. The summed E-state index contributed by atoms with van der Waals surface area (Å²) in [6, 6.07) is 0. The van der Waals surface area contributed by atoms with Gasteiger partial charge in [0, 0.05) is 6.54 Å². The largest absolute Gasteiger partial charge is 0.391 e. The van der Waals surface area contributed by atoms with Crippen molar-refractivity contribution in [2.45, 2.75) is 18.9 Å². The molecule has 6 N–H and O–H groups in total. The van der Waals surface area contributed by atoms with Gasteiger partial charge in [-0.2, -0.15) is 15.1 Å². The number of aromatic amines is 1. The van der Waals surface area contributed by atoms with Crippen LogP contribution in [-0.4, -0.2) is 37.9 Å². The highest BCUT2D eigenvalue weighted by Crippen LogP contribution is 2.32. The molecule has 1 atom stereocenters. The molecule has 96 valence electrons. The second kappa shape index (κ2) is 4.39. The van der Waals surface area contributed by atoms with E-state index < -0.39 is 0 Å². The fourth-order valence-corrected chi connectivity index (χ4v) is 1.88. The molecule has 1 saturated carbocycles. The van der Waals surface area contributed by atoms with Crippen LogP contribution in [-0.2, 0) is 0 Å². The highest BCUT2D eigenvalue weighted by atomic mass is 16.3. The quantitative estimate of drug-likeness (QED) is 0.367. The van der Waals surface area contributed by atoms with Crippen LogP contribution in [0.25, 0.3) is 11.0 Å². The number of rotatable bonds is 5. The standard InChI is InChI=1S/C10H15N7O/c11-16-10-14-8(6-3-13-17-9(6)15-10)12-4-7(18)5-1-2-5/h3,5,7,18H,1-2,4,11H2,(H3,12,13,14,15,16,17). The molecule has 1 aliphatic rings. The molecule has 0 aliphatic heterocycles. The van der Waals surface area contributed by atoms with E-state index in [0.29, 0.717) is 29.9 Å². The molecule has 0 saturated heterocycles. The topological polar surface area (TPSA) is 125 Å². The normalized spacial score (nSPS) is 16.8. The van der Waals surface area contributed by atoms with Gasteiger partial charge in [0.2, 0.25) is 5.95 Å². The third kappa shape index (κ3) is 2.07. The molecule has 1 aliphatic carbocycles. The van der Waals surface area contributed by atoms with Gasteiger partial charge in [-0.25, -0.2) is 5.84 Å². The summed E-state index contributed by atoms with van der Waals surface area (Å²) >= 11 is 0. The summed E-state index contributed by atoms with van der Waals surface area (Å²) in [7, 11) is 0. The van der Waals surface area contributed by atoms with Crippen LogP contribution in [0.2, 0.25) is 0 Å². The van der Waals surface area contributed by atoms with Crippen LogP contribution in [0.15, 0.2) is 6.20 Å². The first kappa shape index (κ1) is 11.2. The Morgan fingerprint density at radius 3 is 3.06 bits per heavy atom. The molecule has 2 aromatic rings. The van der Waals surface area contributed by atoms with Crippen molar-refractivity contribution < 1.29 is 5.11 Å². The molecule has 3 rings (SSSR count). The lowest BCUT2D eigenvalue weighted by Crippen LogP contribution is -2.22. The van der Waals surface area contributed by atoms with Crippen molar-refractivity contribution in [1.29, 1.82) is 0 Å². The Morgan fingerprint density at radius 2 is 2.33 bits per heavy atom. The number of fused-ring (bicyclic) bond motifs is 1. The predicted molar refractivity (Wildman–Crippen MR) is 66.7 cm³/mol. The summed E-state index contributed by atoms with van der Waals surface area (Å²) < 4.78 is 0. The van der Waals surface area contributed by atoms with Gasteiger partial charge in [0.25, 0.3) is 0 Å². The van der Waals surface area contributed by atoms with Crippen LogP contribution in [0.5, 0.6) is 0 Å². The molecule has 8 heteroatoms. The van der Waals surface area contributed by atoms with E-state index in [-0.39, 0.29) is 6.10 Å². The van der Waals surface area contributed by atoms with Gasteiger partial charge in [-0.15, -0.1) is 0 Å². The first-order chi connectivity index (χ1) is 8.78. The van der Waals surface area contributed by atoms with Crippen LogP contribution < -0.4 is 16.6 Å². The smallest absolute Gasteiger partial charge is 0.241 e. The minimum atomic E-state index is -0.337. The Kier molecular flexibility index (Phi) is 2.73.